The van der Waals surface area contributed by atoms with Crippen molar-refractivity contribution in [1.82, 2.24) is 15.5 Å². The smallest absolute Gasteiger partial charge is 0.213 e. The molecule has 2 rings (SSSR count). The highest BCUT2D eigenvalue weighted by Crippen LogP contribution is 2.36. The molecule has 0 atom stereocenters. The van der Waals surface area contributed by atoms with Gasteiger partial charge in [0.25, 0.3) is 0 Å². The Morgan fingerprint density at radius 1 is 1.12 bits per heavy atom. The van der Waals surface area contributed by atoms with Gasteiger partial charge in [0.05, 0.1) is 6.54 Å². The Hall–Kier alpha value is -2.28. The Kier molecular flexibility index (Phi) is 3.10. The Bertz CT molecular complexity index is 499. The number of nitrogens with one attached hydrogen (secondary N) is 1. The largest absolute Gasteiger partial charge is 0.504 e. The van der Waals surface area contributed by atoms with Gasteiger partial charge in [-0.25, -0.2) is 0 Å². The fourth-order valence-electron chi connectivity index (χ4n) is 1.33. The molecule has 1 aromatic heterocycles. The lowest BCUT2D eigenvalue weighted by Gasteiger charge is -2.07. The maximum Gasteiger partial charge on any atom is 0.213 e. The monoisotopic (exact) mass is 237 g/mol. The number of nitrogens with zero attached hydrogens (tertiary/aromatic N) is 2. The predicted molar refractivity (Wildman–Crippen MR) is 56.3 cm³/mol. The van der Waals surface area contributed by atoms with Crippen LogP contribution < -0.4 is 5.32 Å². The van der Waals surface area contributed by atoms with Gasteiger partial charge in [-0.05, 0) is 6.07 Å². The van der Waals surface area contributed by atoms with Crippen LogP contribution >= 0.6 is 0 Å². The molecule has 2 aromatic rings. The van der Waals surface area contributed by atoms with Crippen LogP contribution in [0.15, 0.2) is 23.0 Å². The van der Waals surface area contributed by atoms with Gasteiger partial charge in [-0.3, -0.25) is 0 Å². The fourth-order valence-corrected chi connectivity index (χ4v) is 1.33. The molecule has 1 heterocycles. The number of aromatic nitrogens is 2. The fraction of sp³-hybridized carbons (Fsp3) is 0.200. The normalized spacial score (nSPS) is 10.6. The summed E-state index contributed by atoms with van der Waals surface area (Å²) in [7, 11) is 0. The minimum Gasteiger partial charge on any atom is -0.504 e. The predicted octanol–water partition coefficient (Wildman–Crippen LogP) is 0.476. The summed E-state index contributed by atoms with van der Waals surface area (Å²) in [6, 6.07) is 2.81. The van der Waals surface area contributed by atoms with Crippen molar-refractivity contribution in [3.63, 3.8) is 0 Å². The summed E-state index contributed by atoms with van der Waals surface area (Å²) in [6.07, 6.45) is 1.22. The van der Waals surface area contributed by atoms with E-state index in [1.54, 1.807) is 0 Å². The van der Waals surface area contributed by atoms with Crippen LogP contribution in [-0.4, -0.2) is 25.5 Å². The molecule has 0 fully saturated rings. The maximum absolute atomic E-state index is 9.54. The van der Waals surface area contributed by atoms with E-state index in [-0.39, 0.29) is 11.5 Å². The van der Waals surface area contributed by atoms with Crippen molar-refractivity contribution in [1.29, 1.82) is 0 Å². The van der Waals surface area contributed by atoms with Crippen molar-refractivity contribution >= 4 is 0 Å². The first-order valence-corrected chi connectivity index (χ1v) is 4.87. The lowest BCUT2D eigenvalue weighted by Crippen LogP contribution is -2.13. The molecule has 0 aliphatic rings. The first-order valence-electron chi connectivity index (χ1n) is 4.87. The molecule has 0 amide bonds. The molecule has 4 N–H and O–H groups in total. The molecule has 0 bridgehead atoms. The van der Waals surface area contributed by atoms with Gasteiger partial charge in [0.2, 0.25) is 12.1 Å². The van der Waals surface area contributed by atoms with E-state index in [4.69, 9.17) is 5.11 Å². The molecule has 90 valence electrons. The van der Waals surface area contributed by atoms with Crippen molar-refractivity contribution < 1.29 is 19.8 Å². The first-order chi connectivity index (χ1) is 8.18. The van der Waals surface area contributed by atoms with E-state index in [0.717, 1.165) is 0 Å². The van der Waals surface area contributed by atoms with Gasteiger partial charge in [-0.15, -0.1) is 0 Å². The molecular weight excluding hydrogens is 226 g/mol. The third-order valence-corrected chi connectivity index (χ3v) is 2.22. The highest BCUT2D eigenvalue weighted by atomic mass is 16.5. The molecule has 7 heteroatoms. The van der Waals surface area contributed by atoms with Gasteiger partial charge in [-0.2, -0.15) is 4.98 Å². The average Bonchev–Trinajstić information content (AvgIpc) is 2.82. The second-order valence-corrected chi connectivity index (χ2v) is 3.39. The van der Waals surface area contributed by atoms with Gasteiger partial charge in [-0.1, -0.05) is 11.2 Å². The second-order valence-electron chi connectivity index (χ2n) is 3.39. The minimum absolute atomic E-state index is 0.300. The zero-order valence-electron chi connectivity index (χ0n) is 8.79. The summed E-state index contributed by atoms with van der Waals surface area (Å²) in [5.41, 5.74) is 0.462. The van der Waals surface area contributed by atoms with Gasteiger partial charge < -0.3 is 25.2 Å². The number of phenols is 3. The number of aromatic hydroxyl groups is 3. The average molecular weight is 237 g/mol. The number of benzene rings is 1. The Labute approximate surface area is 96.3 Å². The third kappa shape index (κ3) is 2.45. The van der Waals surface area contributed by atoms with Crippen molar-refractivity contribution in [3.05, 3.63) is 29.9 Å². The number of rotatable bonds is 4. The number of hydrogen-bond donors (Lipinski definition) is 4. The number of phenolic OH excluding ortho intramolecular Hbond substituents is 3. The molecule has 7 nitrogen and oxygen atoms in total. The van der Waals surface area contributed by atoms with E-state index in [2.05, 4.69) is 20.0 Å². The van der Waals surface area contributed by atoms with E-state index in [1.165, 1.54) is 18.5 Å². The topological polar surface area (TPSA) is 112 Å². The molecule has 0 aliphatic carbocycles. The van der Waals surface area contributed by atoms with Crippen LogP contribution in [0.2, 0.25) is 0 Å². The highest BCUT2D eigenvalue weighted by Gasteiger charge is 2.10. The van der Waals surface area contributed by atoms with Crippen LogP contribution in [0.1, 0.15) is 11.4 Å². The van der Waals surface area contributed by atoms with Crippen LogP contribution in [0, 0.1) is 0 Å². The summed E-state index contributed by atoms with van der Waals surface area (Å²) >= 11 is 0. The summed E-state index contributed by atoms with van der Waals surface area (Å²) in [5, 5.41) is 34.5. The number of hydrogen-bond acceptors (Lipinski definition) is 7. The van der Waals surface area contributed by atoms with Crippen molar-refractivity contribution in [2.24, 2.45) is 0 Å². The molecule has 17 heavy (non-hydrogen) atoms. The summed E-state index contributed by atoms with van der Waals surface area (Å²) in [5.74, 6) is -0.730. The van der Waals surface area contributed by atoms with Crippen LogP contribution in [0.5, 0.6) is 17.2 Å². The molecule has 0 saturated carbocycles. The molecule has 0 aliphatic heterocycles. The Morgan fingerprint density at radius 2 is 1.94 bits per heavy atom. The Balaban J connectivity index is 1.97. The highest BCUT2D eigenvalue weighted by molar-refractivity contribution is 5.52. The van der Waals surface area contributed by atoms with Crippen LogP contribution in [-0.2, 0) is 13.1 Å². The van der Waals surface area contributed by atoms with Crippen LogP contribution in [0.25, 0.3) is 0 Å². The quantitative estimate of drug-likeness (QED) is 0.572. The summed E-state index contributed by atoms with van der Waals surface area (Å²) in [4.78, 5) is 3.81. The van der Waals surface area contributed by atoms with Gasteiger partial charge in [0.15, 0.2) is 17.3 Å². The molecule has 1 aromatic carbocycles. The first kappa shape index (κ1) is 11.2. The zero-order valence-corrected chi connectivity index (χ0v) is 8.79. The lowest BCUT2D eigenvalue weighted by molar-refractivity contribution is 0.364. The molecule has 0 radical (unpaired) electrons. The standard InChI is InChI=1S/C10H11N3O4/c14-7-2-1-6(9(15)10(7)16)3-11-4-8-12-5-17-13-8/h1-2,5,11,14-16H,3-4H2. The molecule has 0 unspecified atom stereocenters. The van der Waals surface area contributed by atoms with Gasteiger partial charge in [0, 0.05) is 12.1 Å². The summed E-state index contributed by atoms with van der Waals surface area (Å²) < 4.78 is 4.55. The maximum atomic E-state index is 9.54. The molecular formula is C10H11N3O4. The van der Waals surface area contributed by atoms with E-state index >= 15 is 0 Å². The van der Waals surface area contributed by atoms with Crippen LogP contribution in [0.3, 0.4) is 0 Å². The van der Waals surface area contributed by atoms with E-state index in [1.807, 2.05) is 0 Å². The summed E-state index contributed by atoms with van der Waals surface area (Å²) in [6.45, 7) is 0.672. The van der Waals surface area contributed by atoms with Crippen molar-refractivity contribution in [2.75, 3.05) is 0 Å². The zero-order chi connectivity index (χ0) is 12.3. The van der Waals surface area contributed by atoms with Gasteiger partial charge >= 0.3 is 0 Å². The second kappa shape index (κ2) is 4.71. The van der Waals surface area contributed by atoms with E-state index < -0.39 is 5.75 Å². The van der Waals surface area contributed by atoms with E-state index in [0.29, 0.717) is 24.5 Å². The lowest BCUT2D eigenvalue weighted by atomic mass is 10.1. The SMILES string of the molecule is Oc1ccc(CNCc2ncon2)c(O)c1O. The Morgan fingerprint density at radius 3 is 2.65 bits per heavy atom. The molecule has 0 saturated heterocycles. The van der Waals surface area contributed by atoms with Crippen molar-refractivity contribution in [2.45, 2.75) is 13.1 Å². The third-order valence-electron chi connectivity index (χ3n) is 2.22. The minimum atomic E-state index is -0.524. The van der Waals surface area contributed by atoms with Crippen molar-refractivity contribution in [3.8, 4) is 17.2 Å². The van der Waals surface area contributed by atoms with Crippen LogP contribution in [0.4, 0.5) is 0 Å². The molecule has 0 spiro atoms. The van der Waals surface area contributed by atoms with E-state index in [9.17, 15) is 10.2 Å². The van der Waals surface area contributed by atoms with Gasteiger partial charge in [0.1, 0.15) is 0 Å².